The van der Waals surface area contributed by atoms with Gasteiger partial charge in [0, 0.05) is 29.8 Å². The van der Waals surface area contributed by atoms with Gasteiger partial charge in [-0.05, 0) is 44.1 Å². The molecule has 2 aromatic heterocycles. The Bertz CT molecular complexity index is 975. The molecule has 0 aliphatic heterocycles. The Morgan fingerprint density at radius 2 is 1.91 bits per heavy atom. The third kappa shape index (κ3) is 5.87. The number of hydrogen-bond acceptors (Lipinski definition) is 6. The molecule has 0 aromatic carbocycles. The number of carbonyl (C=O) groups excluding carboxylic acids is 3. The van der Waals surface area contributed by atoms with E-state index in [1.807, 2.05) is 17.5 Å². The summed E-state index contributed by atoms with van der Waals surface area (Å²) in [6, 6.07) is 5.77. The molecule has 2 N–H and O–H groups in total. The van der Waals surface area contributed by atoms with Gasteiger partial charge in [-0.1, -0.05) is 43.3 Å². The Hall–Kier alpha value is -2.68. The van der Waals surface area contributed by atoms with Crippen LogP contribution in [0.1, 0.15) is 81.3 Å². The average molecular weight is 487 g/mol. The summed E-state index contributed by atoms with van der Waals surface area (Å²) in [6.07, 6.45) is 8.70. The lowest BCUT2D eigenvalue weighted by atomic mass is 9.90. The van der Waals surface area contributed by atoms with E-state index in [2.05, 4.69) is 15.8 Å². The highest BCUT2D eigenvalue weighted by molar-refractivity contribution is 7.09. The Kier molecular flexibility index (Phi) is 8.03. The standard InChI is InChI=1S/C25H34N4O4S/c1-18-16-21(28-33-18)27-22(30)11-12-23(31)29(17-20-10-7-15-34-20)25(13-5-6-14-25)24(32)26-19-8-3-2-4-9-19/h7,10,15-16,19H,2-6,8-9,11-14,17H2,1H3,(H,26,32)(H,27,28,30). The minimum Gasteiger partial charge on any atom is -0.360 e. The smallest absolute Gasteiger partial charge is 0.246 e. The second-order valence-corrected chi connectivity index (χ2v) is 10.5. The zero-order valence-electron chi connectivity index (χ0n) is 19.8. The predicted octanol–water partition coefficient (Wildman–Crippen LogP) is 4.55. The molecular formula is C25H34N4O4S. The van der Waals surface area contributed by atoms with Crippen molar-refractivity contribution >= 4 is 34.9 Å². The second kappa shape index (κ2) is 11.2. The number of amides is 3. The summed E-state index contributed by atoms with van der Waals surface area (Å²) in [7, 11) is 0. The molecule has 2 aliphatic rings. The number of carbonyl (C=O) groups is 3. The Morgan fingerprint density at radius 1 is 1.15 bits per heavy atom. The van der Waals surface area contributed by atoms with Crippen molar-refractivity contribution in [2.45, 2.75) is 95.7 Å². The molecule has 2 aromatic rings. The number of rotatable bonds is 9. The molecule has 184 valence electrons. The van der Waals surface area contributed by atoms with Gasteiger partial charge in [0.2, 0.25) is 17.7 Å². The predicted molar refractivity (Wildman–Crippen MR) is 130 cm³/mol. The van der Waals surface area contributed by atoms with Crippen molar-refractivity contribution in [2.24, 2.45) is 0 Å². The van der Waals surface area contributed by atoms with E-state index in [1.54, 1.807) is 29.2 Å². The topological polar surface area (TPSA) is 105 Å². The summed E-state index contributed by atoms with van der Waals surface area (Å²) in [5, 5.41) is 11.7. The van der Waals surface area contributed by atoms with E-state index >= 15 is 0 Å². The molecule has 0 saturated heterocycles. The molecule has 0 radical (unpaired) electrons. The molecule has 0 spiro atoms. The van der Waals surface area contributed by atoms with Crippen LogP contribution in [0.25, 0.3) is 0 Å². The third-order valence-corrected chi connectivity index (χ3v) is 7.83. The molecule has 4 rings (SSSR count). The number of nitrogens with zero attached hydrogens (tertiary/aromatic N) is 2. The molecule has 8 nitrogen and oxygen atoms in total. The molecule has 2 aliphatic carbocycles. The maximum absolute atomic E-state index is 13.7. The van der Waals surface area contributed by atoms with Crippen molar-refractivity contribution in [3.05, 3.63) is 34.2 Å². The van der Waals surface area contributed by atoms with Crippen LogP contribution in [0.4, 0.5) is 5.82 Å². The molecule has 0 bridgehead atoms. The summed E-state index contributed by atoms with van der Waals surface area (Å²) in [4.78, 5) is 42.5. The van der Waals surface area contributed by atoms with Crippen LogP contribution in [-0.4, -0.2) is 39.4 Å². The van der Waals surface area contributed by atoms with Crippen LogP contribution in [0.15, 0.2) is 28.1 Å². The molecule has 0 unspecified atom stereocenters. The number of aromatic nitrogens is 1. The second-order valence-electron chi connectivity index (χ2n) is 9.48. The minimum absolute atomic E-state index is 0.0198. The highest BCUT2D eigenvalue weighted by Crippen LogP contribution is 2.38. The van der Waals surface area contributed by atoms with Gasteiger partial charge in [0.25, 0.3) is 0 Å². The van der Waals surface area contributed by atoms with Crippen LogP contribution in [0.3, 0.4) is 0 Å². The van der Waals surface area contributed by atoms with Crippen molar-refractivity contribution in [3.8, 4) is 0 Å². The van der Waals surface area contributed by atoms with E-state index in [-0.39, 0.29) is 36.6 Å². The van der Waals surface area contributed by atoms with E-state index in [0.717, 1.165) is 43.4 Å². The van der Waals surface area contributed by atoms with Crippen molar-refractivity contribution in [1.82, 2.24) is 15.4 Å². The summed E-state index contributed by atoms with van der Waals surface area (Å²) in [5.74, 6) is 0.444. The van der Waals surface area contributed by atoms with Gasteiger partial charge in [-0.2, -0.15) is 0 Å². The van der Waals surface area contributed by atoms with Gasteiger partial charge in [0.1, 0.15) is 11.3 Å². The van der Waals surface area contributed by atoms with Gasteiger partial charge in [-0.3, -0.25) is 14.4 Å². The van der Waals surface area contributed by atoms with E-state index in [0.29, 0.717) is 31.0 Å². The monoisotopic (exact) mass is 486 g/mol. The van der Waals surface area contributed by atoms with Crippen molar-refractivity contribution in [3.63, 3.8) is 0 Å². The van der Waals surface area contributed by atoms with Crippen LogP contribution in [-0.2, 0) is 20.9 Å². The highest BCUT2D eigenvalue weighted by Gasteiger charge is 2.48. The number of nitrogens with one attached hydrogen (secondary N) is 2. The van der Waals surface area contributed by atoms with E-state index in [9.17, 15) is 14.4 Å². The van der Waals surface area contributed by atoms with Crippen LogP contribution >= 0.6 is 11.3 Å². The fourth-order valence-electron chi connectivity index (χ4n) is 5.17. The van der Waals surface area contributed by atoms with Gasteiger partial charge < -0.3 is 20.1 Å². The van der Waals surface area contributed by atoms with Gasteiger partial charge >= 0.3 is 0 Å². The lowest BCUT2D eigenvalue weighted by Gasteiger charge is -2.41. The Labute approximate surface area is 204 Å². The van der Waals surface area contributed by atoms with Gasteiger partial charge in [0.15, 0.2) is 5.82 Å². The number of aryl methyl sites for hydroxylation is 1. The first-order valence-corrected chi connectivity index (χ1v) is 13.2. The summed E-state index contributed by atoms with van der Waals surface area (Å²) in [5.41, 5.74) is -0.849. The Balaban J connectivity index is 1.48. The van der Waals surface area contributed by atoms with Gasteiger partial charge in [-0.25, -0.2) is 0 Å². The lowest BCUT2D eigenvalue weighted by molar-refractivity contribution is -0.149. The molecule has 3 amide bonds. The molecule has 34 heavy (non-hydrogen) atoms. The van der Waals surface area contributed by atoms with Crippen LogP contribution < -0.4 is 10.6 Å². The lowest BCUT2D eigenvalue weighted by Crippen LogP contribution is -2.60. The zero-order chi connectivity index (χ0) is 24.0. The van der Waals surface area contributed by atoms with E-state index < -0.39 is 5.54 Å². The fraction of sp³-hybridized carbons (Fsp3) is 0.600. The van der Waals surface area contributed by atoms with Crippen molar-refractivity contribution in [2.75, 3.05) is 5.32 Å². The van der Waals surface area contributed by atoms with Gasteiger partial charge in [0.05, 0.1) is 6.54 Å². The quantitative estimate of drug-likeness (QED) is 0.541. The first kappa shape index (κ1) is 24.4. The van der Waals surface area contributed by atoms with Crippen LogP contribution in [0.5, 0.6) is 0 Å². The van der Waals surface area contributed by atoms with Crippen molar-refractivity contribution < 1.29 is 18.9 Å². The van der Waals surface area contributed by atoms with Gasteiger partial charge in [-0.15, -0.1) is 11.3 Å². The highest BCUT2D eigenvalue weighted by atomic mass is 32.1. The molecular weight excluding hydrogens is 452 g/mol. The summed E-state index contributed by atoms with van der Waals surface area (Å²) in [6.45, 7) is 2.13. The first-order chi connectivity index (χ1) is 16.5. The molecule has 9 heteroatoms. The van der Waals surface area contributed by atoms with Crippen LogP contribution in [0.2, 0.25) is 0 Å². The molecule has 0 atom stereocenters. The molecule has 2 fully saturated rings. The molecule has 2 saturated carbocycles. The average Bonchev–Trinajstić information content (AvgIpc) is 3.59. The zero-order valence-corrected chi connectivity index (χ0v) is 20.6. The maximum atomic E-state index is 13.7. The van der Waals surface area contributed by atoms with E-state index in [1.165, 1.54) is 6.42 Å². The third-order valence-electron chi connectivity index (χ3n) is 6.97. The fourth-order valence-corrected chi connectivity index (χ4v) is 5.86. The number of hydrogen-bond donors (Lipinski definition) is 2. The van der Waals surface area contributed by atoms with E-state index in [4.69, 9.17) is 4.52 Å². The number of thiophene rings is 1. The van der Waals surface area contributed by atoms with Crippen molar-refractivity contribution in [1.29, 1.82) is 0 Å². The minimum atomic E-state index is -0.849. The SMILES string of the molecule is Cc1cc(NC(=O)CCC(=O)N(Cc2cccs2)C2(C(=O)NC3CCCCC3)CCCC2)no1. The first-order valence-electron chi connectivity index (χ1n) is 12.3. The summed E-state index contributed by atoms with van der Waals surface area (Å²) < 4.78 is 4.97. The maximum Gasteiger partial charge on any atom is 0.246 e. The normalized spacial score (nSPS) is 17.9. The molecule has 2 heterocycles. The van der Waals surface area contributed by atoms with Crippen LogP contribution in [0, 0.1) is 6.92 Å². The largest absolute Gasteiger partial charge is 0.360 e. The summed E-state index contributed by atoms with van der Waals surface area (Å²) >= 11 is 1.58. The number of anilines is 1. The Morgan fingerprint density at radius 3 is 2.56 bits per heavy atom.